The zero-order chi connectivity index (χ0) is 20.0. The highest BCUT2D eigenvalue weighted by Gasteiger charge is 2.23. The van der Waals surface area contributed by atoms with Crippen LogP contribution in [0.4, 0.5) is 5.69 Å². The fraction of sp³-hybridized carbons (Fsp3) is 0.333. The molecule has 0 spiro atoms. The Morgan fingerprint density at radius 3 is 2.41 bits per heavy atom. The lowest BCUT2D eigenvalue weighted by molar-refractivity contribution is -0.137. The van der Waals surface area contributed by atoms with E-state index in [1.165, 1.54) is 4.90 Å². The summed E-state index contributed by atoms with van der Waals surface area (Å²) in [5, 5.41) is 3.48. The molecule has 5 nitrogen and oxygen atoms in total. The topological polar surface area (TPSA) is 52.7 Å². The van der Waals surface area contributed by atoms with Crippen LogP contribution in [-0.4, -0.2) is 48.3 Å². The molecule has 144 valence electrons. The van der Waals surface area contributed by atoms with Crippen LogP contribution >= 0.6 is 11.6 Å². The Hall–Kier alpha value is -2.37. The summed E-state index contributed by atoms with van der Waals surface area (Å²) in [5.41, 5.74) is 2.87. The summed E-state index contributed by atoms with van der Waals surface area (Å²) < 4.78 is 0. The molecule has 1 N–H and O–H groups in total. The van der Waals surface area contributed by atoms with E-state index in [4.69, 9.17) is 11.6 Å². The van der Waals surface area contributed by atoms with Crippen LogP contribution < -0.4 is 5.32 Å². The maximum atomic E-state index is 12.7. The molecule has 0 aliphatic heterocycles. The fourth-order valence-electron chi connectivity index (χ4n) is 2.70. The van der Waals surface area contributed by atoms with Crippen LogP contribution in [0.3, 0.4) is 0 Å². The number of likely N-dealkylation sites (N-methyl/N-ethyl adjacent to an activating group) is 2. The number of anilines is 1. The summed E-state index contributed by atoms with van der Waals surface area (Å²) in [6, 6.07) is 14.7. The van der Waals surface area contributed by atoms with Crippen LogP contribution in [0, 0.1) is 6.92 Å². The van der Waals surface area contributed by atoms with Gasteiger partial charge in [0, 0.05) is 24.3 Å². The van der Waals surface area contributed by atoms with Gasteiger partial charge in [0.05, 0.1) is 12.6 Å². The number of aryl methyl sites for hydroxylation is 1. The van der Waals surface area contributed by atoms with Crippen LogP contribution in [0.2, 0.25) is 5.02 Å². The van der Waals surface area contributed by atoms with Gasteiger partial charge in [0.15, 0.2) is 0 Å². The standard InChI is InChI=1S/C21H26ClN3O2/c1-15-8-10-19(11-9-15)23-20(26)14-25(4)21(27)16(2)24(3)13-17-6-5-7-18(22)12-17/h5-12,16H,13-14H2,1-4H3,(H,23,26)/t16-/m1/s1. The molecular formula is C21H26ClN3O2. The summed E-state index contributed by atoms with van der Waals surface area (Å²) in [6.07, 6.45) is 0. The first-order chi connectivity index (χ1) is 12.8. The molecule has 0 saturated carbocycles. The average molecular weight is 388 g/mol. The first-order valence-electron chi connectivity index (χ1n) is 8.82. The second kappa shape index (κ2) is 9.53. The Labute approximate surface area is 165 Å². The largest absolute Gasteiger partial charge is 0.335 e. The van der Waals surface area contributed by atoms with Gasteiger partial charge in [0.2, 0.25) is 11.8 Å². The maximum Gasteiger partial charge on any atom is 0.243 e. The summed E-state index contributed by atoms with van der Waals surface area (Å²) in [5.74, 6) is -0.335. The SMILES string of the molecule is Cc1ccc(NC(=O)CN(C)C(=O)[C@@H](C)N(C)Cc2cccc(Cl)c2)cc1. The molecule has 6 heteroatoms. The second-order valence-corrected chi connectivity index (χ2v) is 7.27. The molecule has 0 fully saturated rings. The molecule has 27 heavy (non-hydrogen) atoms. The molecule has 0 heterocycles. The van der Waals surface area contributed by atoms with E-state index in [0.717, 1.165) is 16.8 Å². The molecule has 0 unspecified atom stereocenters. The van der Waals surface area contributed by atoms with Gasteiger partial charge in [0.1, 0.15) is 0 Å². The van der Waals surface area contributed by atoms with Crippen molar-refractivity contribution in [1.82, 2.24) is 9.80 Å². The van der Waals surface area contributed by atoms with E-state index in [1.54, 1.807) is 7.05 Å². The minimum Gasteiger partial charge on any atom is -0.335 e. The Kier molecular flexibility index (Phi) is 7.39. The molecule has 0 bridgehead atoms. The number of nitrogens with one attached hydrogen (secondary N) is 1. The van der Waals surface area contributed by atoms with Crippen LogP contribution in [0.15, 0.2) is 48.5 Å². The Morgan fingerprint density at radius 1 is 1.11 bits per heavy atom. The highest BCUT2D eigenvalue weighted by molar-refractivity contribution is 6.30. The van der Waals surface area contributed by atoms with E-state index >= 15 is 0 Å². The van der Waals surface area contributed by atoms with Gasteiger partial charge in [-0.2, -0.15) is 0 Å². The third-order valence-electron chi connectivity index (χ3n) is 4.43. The number of hydrogen-bond donors (Lipinski definition) is 1. The molecule has 0 saturated heterocycles. The van der Waals surface area contributed by atoms with Gasteiger partial charge in [0.25, 0.3) is 0 Å². The van der Waals surface area contributed by atoms with Crippen molar-refractivity contribution in [1.29, 1.82) is 0 Å². The molecule has 2 rings (SSSR count). The summed E-state index contributed by atoms with van der Waals surface area (Å²) >= 11 is 6.02. The fourth-order valence-corrected chi connectivity index (χ4v) is 2.91. The lowest BCUT2D eigenvalue weighted by atomic mass is 10.2. The molecule has 0 aliphatic carbocycles. The van der Waals surface area contributed by atoms with Crippen molar-refractivity contribution >= 4 is 29.1 Å². The highest BCUT2D eigenvalue weighted by atomic mass is 35.5. The predicted octanol–water partition coefficient (Wildman–Crippen LogP) is 3.57. The van der Waals surface area contributed by atoms with Gasteiger partial charge < -0.3 is 10.2 Å². The van der Waals surface area contributed by atoms with E-state index in [0.29, 0.717) is 11.6 Å². The second-order valence-electron chi connectivity index (χ2n) is 6.83. The number of carbonyl (C=O) groups is 2. The number of nitrogens with zero attached hydrogens (tertiary/aromatic N) is 2. The van der Waals surface area contributed by atoms with Gasteiger partial charge in [-0.25, -0.2) is 0 Å². The van der Waals surface area contributed by atoms with E-state index in [-0.39, 0.29) is 24.4 Å². The summed E-state index contributed by atoms with van der Waals surface area (Å²) in [4.78, 5) is 28.2. The number of halogens is 1. The molecule has 2 aromatic carbocycles. The van der Waals surface area contributed by atoms with Crippen molar-refractivity contribution in [2.75, 3.05) is 26.0 Å². The Bertz CT molecular complexity index is 792. The van der Waals surface area contributed by atoms with E-state index in [1.807, 2.05) is 74.3 Å². The van der Waals surface area contributed by atoms with E-state index in [9.17, 15) is 9.59 Å². The summed E-state index contributed by atoms with van der Waals surface area (Å²) in [6.45, 7) is 4.42. The van der Waals surface area contributed by atoms with Crippen molar-refractivity contribution in [3.63, 3.8) is 0 Å². The molecule has 1 atom stereocenters. The van der Waals surface area contributed by atoms with Crippen LogP contribution in [-0.2, 0) is 16.1 Å². The molecule has 0 aromatic heterocycles. The first-order valence-corrected chi connectivity index (χ1v) is 9.20. The number of benzene rings is 2. The van der Waals surface area contributed by atoms with Crippen molar-refractivity contribution in [2.45, 2.75) is 26.4 Å². The van der Waals surface area contributed by atoms with Gasteiger partial charge in [-0.15, -0.1) is 0 Å². The highest BCUT2D eigenvalue weighted by Crippen LogP contribution is 2.14. The van der Waals surface area contributed by atoms with Gasteiger partial charge >= 0.3 is 0 Å². The summed E-state index contributed by atoms with van der Waals surface area (Å²) in [7, 11) is 3.52. The monoisotopic (exact) mass is 387 g/mol. The number of rotatable bonds is 7. The number of amides is 2. The lowest BCUT2D eigenvalue weighted by Gasteiger charge is -2.28. The quantitative estimate of drug-likeness (QED) is 0.790. The predicted molar refractivity (Wildman–Crippen MR) is 110 cm³/mol. The first kappa shape index (κ1) is 20.9. The van der Waals surface area contributed by atoms with Gasteiger partial charge in [-0.3, -0.25) is 14.5 Å². The lowest BCUT2D eigenvalue weighted by Crippen LogP contribution is -2.46. The van der Waals surface area contributed by atoms with Crippen LogP contribution in [0.25, 0.3) is 0 Å². The van der Waals surface area contributed by atoms with Crippen molar-refractivity contribution < 1.29 is 9.59 Å². The van der Waals surface area contributed by atoms with Crippen molar-refractivity contribution in [3.8, 4) is 0 Å². The average Bonchev–Trinajstić information content (AvgIpc) is 2.62. The Balaban J connectivity index is 1.88. The van der Waals surface area contributed by atoms with Crippen LogP contribution in [0.1, 0.15) is 18.1 Å². The van der Waals surface area contributed by atoms with Crippen LogP contribution in [0.5, 0.6) is 0 Å². The van der Waals surface area contributed by atoms with Gasteiger partial charge in [-0.05, 0) is 50.7 Å². The minimum atomic E-state index is -0.360. The zero-order valence-electron chi connectivity index (χ0n) is 16.2. The molecular weight excluding hydrogens is 362 g/mol. The smallest absolute Gasteiger partial charge is 0.243 e. The number of hydrogen-bond acceptors (Lipinski definition) is 3. The van der Waals surface area contributed by atoms with Crippen molar-refractivity contribution in [3.05, 3.63) is 64.7 Å². The van der Waals surface area contributed by atoms with E-state index in [2.05, 4.69) is 5.32 Å². The molecule has 2 amide bonds. The maximum absolute atomic E-state index is 12.7. The minimum absolute atomic E-state index is 0.00204. The molecule has 0 aliphatic rings. The Morgan fingerprint density at radius 2 is 1.78 bits per heavy atom. The third-order valence-corrected chi connectivity index (χ3v) is 4.67. The third kappa shape index (κ3) is 6.38. The van der Waals surface area contributed by atoms with Gasteiger partial charge in [-0.1, -0.05) is 41.4 Å². The number of carbonyl (C=O) groups excluding carboxylic acids is 2. The van der Waals surface area contributed by atoms with E-state index < -0.39 is 0 Å². The zero-order valence-corrected chi connectivity index (χ0v) is 17.0. The molecule has 0 radical (unpaired) electrons. The van der Waals surface area contributed by atoms with Crippen molar-refractivity contribution in [2.24, 2.45) is 0 Å². The normalized spacial score (nSPS) is 11.9. The molecule has 2 aromatic rings.